The topological polar surface area (TPSA) is 62.9 Å². The quantitative estimate of drug-likeness (QED) is 0.553. The molecule has 0 aliphatic rings. The standard InChI is InChI=1S/C20H27F3N4O2/c1-7-26(5)12-24-17-10-18(29-6)15(9-13(17)3)19(28,20(21,22)23)16-11-27(8-2)25-14(16)4/h9-12,28H,7-8H2,1-6H3. The second-order valence-corrected chi connectivity index (χ2v) is 6.85. The van der Waals surface area contributed by atoms with Crippen molar-refractivity contribution in [2.24, 2.45) is 4.99 Å². The third kappa shape index (κ3) is 4.24. The first-order chi connectivity index (χ1) is 13.5. The minimum Gasteiger partial charge on any atom is -0.496 e. The molecule has 1 aromatic heterocycles. The Hall–Kier alpha value is -2.55. The number of alkyl halides is 3. The van der Waals surface area contributed by atoms with E-state index in [1.165, 1.54) is 37.0 Å². The number of aliphatic imine (C=N–C) groups is 1. The minimum atomic E-state index is -4.99. The molecule has 0 radical (unpaired) electrons. The smallest absolute Gasteiger partial charge is 0.426 e. The highest BCUT2D eigenvalue weighted by molar-refractivity contribution is 5.66. The molecule has 9 heteroatoms. The average molecular weight is 412 g/mol. The summed E-state index contributed by atoms with van der Waals surface area (Å²) in [4.78, 5) is 6.15. The van der Waals surface area contributed by atoms with Crippen molar-refractivity contribution in [3.05, 3.63) is 40.7 Å². The van der Waals surface area contributed by atoms with Gasteiger partial charge in [0.25, 0.3) is 0 Å². The molecule has 1 aromatic carbocycles. The van der Waals surface area contributed by atoms with Gasteiger partial charge in [-0.1, -0.05) is 0 Å². The number of rotatable bonds is 7. The van der Waals surface area contributed by atoms with Crippen LogP contribution in [0, 0.1) is 13.8 Å². The van der Waals surface area contributed by atoms with E-state index >= 15 is 0 Å². The number of hydrogen-bond acceptors (Lipinski definition) is 4. The molecule has 0 saturated carbocycles. The maximum Gasteiger partial charge on any atom is 0.426 e. The summed E-state index contributed by atoms with van der Waals surface area (Å²) in [6, 6.07) is 2.68. The van der Waals surface area contributed by atoms with Crippen LogP contribution < -0.4 is 4.74 Å². The van der Waals surface area contributed by atoms with Crippen LogP contribution in [-0.2, 0) is 12.1 Å². The Morgan fingerprint density at radius 3 is 2.38 bits per heavy atom. The van der Waals surface area contributed by atoms with E-state index in [4.69, 9.17) is 4.74 Å². The number of methoxy groups -OCH3 is 1. The minimum absolute atomic E-state index is 0.0954. The van der Waals surface area contributed by atoms with Gasteiger partial charge in [-0.3, -0.25) is 4.68 Å². The number of hydrogen-bond donors (Lipinski definition) is 1. The summed E-state index contributed by atoms with van der Waals surface area (Å²) in [6.45, 7) is 7.89. The lowest BCUT2D eigenvalue weighted by Crippen LogP contribution is -2.44. The highest BCUT2D eigenvalue weighted by Crippen LogP contribution is 2.49. The van der Waals surface area contributed by atoms with Crippen molar-refractivity contribution in [1.29, 1.82) is 0 Å². The Kier molecular flexibility index (Phi) is 6.62. The van der Waals surface area contributed by atoms with Crippen molar-refractivity contribution in [2.75, 3.05) is 20.7 Å². The lowest BCUT2D eigenvalue weighted by molar-refractivity contribution is -0.249. The SMILES string of the molecule is CCN(C)C=Nc1cc(OC)c(C(O)(c2cn(CC)nc2C)C(F)(F)F)cc1C. The summed E-state index contributed by atoms with van der Waals surface area (Å²) in [5.41, 5.74) is -2.97. The third-order valence-corrected chi connectivity index (χ3v) is 4.87. The first-order valence-electron chi connectivity index (χ1n) is 9.26. The first kappa shape index (κ1) is 22.7. The van der Waals surface area contributed by atoms with Crippen molar-refractivity contribution in [1.82, 2.24) is 14.7 Å². The maximum absolute atomic E-state index is 14.2. The summed E-state index contributed by atoms with van der Waals surface area (Å²) in [7, 11) is 3.10. The number of halogens is 3. The van der Waals surface area contributed by atoms with Crippen LogP contribution in [0.25, 0.3) is 0 Å². The van der Waals surface area contributed by atoms with Crippen LogP contribution in [-0.4, -0.2) is 53.0 Å². The van der Waals surface area contributed by atoms with Crippen LogP contribution in [0.4, 0.5) is 18.9 Å². The van der Waals surface area contributed by atoms with Gasteiger partial charge in [-0.15, -0.1) is 0 Å². The summed E-state index contributed by atoms with van der Waals surface area (Å²) in [5, 5.41) is 15.1. The van der Waals surface area contributed by atoms with Crippen LogP contribution in [0.5, 0.6) is 5.75 Å². The number of nitrogens with zero attached hydrogens (tertiary/aromatic N) is 4. The molecule has 2 rings (SSSR count). The fraction of sp³-hybridized carbons (Fsp3) is 0.500. The van der Waals surface area contributed by atoms with E-state index in [-0.39, 0.29) is 17.0 Å². The van der Waals surface area contributed by atoms with Gasteiger partial charge >= 0.3 is 6.18 Å². The molecule has 0 bridgehead atoms. The average Bonchev–Trinajstić information content (AvgIpc) is 3.06. The van der Waals surface area contributed by atoms with E-state index < -0.39 is 17.3 Å². The van der Waals surface area contributed by atoms with Gasteiger partial charge < -0.3 is 14.7 Å². The lowest BCUT2D eigenvalue weighted by atomic mass is 9.84. The van der Waals surface area contributed by atoms with E-state index in [0.717, 1.165) is 6.54 Å². The normalized spacial score (nSPS) is 14.3. The van der Waals surface area contributed by atoms with E-state index in [0.29, 0.717) is 17.8 Å². The van der Waals surface area contributed by atoms with Crippen LogP contribution >= 0.6 is 0 Å². The Bertz CT molecular complexity index is 893. The van der Waals surface area contributed by atoms with E-state index in [1.54, 1.807) is 20.2 Å². The van der Waals surface area contributed by atoms with Crippen molar-refractivity contribution >= 4 is 12.0 Å². The fourth-order valence-corrected chi connectivity index (χ4v) is 3.00. The molecular weight excluding hydrogens is 385 g/mol. The molecule has 1 unspecified atom stereocenters. The predicted octanol–water partition coefficient (Wildman–Crippen LogP) is 3.94. The molecule has 0 fully saturated rings. The van der Waals surface area contributed by atoms with Gasteiger partial charge in [0.05, 0.1) is 24.8 Å². The van der Waals surface area contributed by atoms with Crippen molar-refractivity contribution < 1.29 is 23.0 Å². The maximum atomic E-state index is 14.2. The molecule has 1 heterocycles. The van der Waals surface area contributed by atoms with Gasteiger partial charge in [-0.2, -0.15) is 18.3 Å². The van der Waals surface area contributed by atoms with Crippen LogP contribution in [0.15, 0.2) is 23.3 Å². The van der Waals surface area contributed by atoms with E-state index in [1.807, 2.05) is 18.9 Å². The Balaban J connectivity index is 2.73. The molecule has 6 nitrogen and oxygen atoms in total. The number of aryl methyl sites for hydroxylation is 3. The Labute approximate surface area is 168 Å². The molecule has 0 aliphatic carbocycles. The molecule has 0 saturated heterocycles. The van der Waals surface area contributed by atoms with Crippen LogP contribution in [0.2, 0.25) is 0 Å². The molecule has 2 aromatic rings. The van der Waals surface area contributed by atoms with E-state index in [9.17, 15) is 18.3 Å². The number of benzene rings is 1. The largest absolute Gasteiger partial charge is 0.496 e. The monoisotopic (exact) mass is 412 g/mol. The second kappa shape index (κ2) is 8.44. The van der Waals surface area contributed by atoms with Crippen molar-refractivity contribution in [2.45, 2.75) is 46.0 Å². The van der Waals surface area contributed by atoms with Crippen LogP contribution in [0.1, 0.15) is 36.2 Å². The molecule has 1 atom stereocenters. The molecule has 1 N–H and O–H groups in total. The zero-order chi connectivity index (χ0) is 22.0. The highest BCUT2D eigenvalue weighted by atomic mass is 19.4. The molecule has 0 spiro atoms. The molecule has 0 aliphatic heterocycles. The van der Waals surface area contributed by atoms with Gasteiger partial charge in [-0.05, 0) is 39.3 Å². The lowest BCUT2D eigenvalue weighted by Gasteiger charge is -2.32. The highest BCUT2D eigenvalue weighted by Gasteiger charge is 2.59. The molecular formula is C20H27F3N4O2. The first-order valence-corrected chi connectivity index (χ1v) is 9.26. The van der Waals surface area contributed by atoms with Crippen molar-refractivity contribution in [3.8, 4) is 5.75 Å². The number of aliphatic hydroxyl groups is 1. The van der Waals surface area contributed by atoms with Crippen LogP contribution in [0.3, 0.4) is 0 Å². The van der Waals surface area contributed by atoms with E-state index in [2.05, 4.69) is 10.1 Å². The van der Waals surface area contributed by atoms with Gasteiger partial charge in [0.2, 0.25) is 5.60 Å². The Morgan fingerprint density at radius 1 is 1.24 bits per heavy atom. The van der Waals surface area contributed by atoms with Gasteiger partial charge in [0.15, 0.2) is 0 Å². The molecule has 160 valence electrons. The third-order valence-electron chi connectivity index (χ3n) is 4.87. The van der Waals surface area contributed by atoms with Gasteiger partial charge in [0.1, 0.15) is 5.75 Å². The van der Waals surface area contributed by atoms with Gasteiger partial charge in [-0.25, -0.2) is 4.99 Å². The number of aromatic nitrogens is 2. The summed E-state index contributed by atoms with van der Waals surface area (Å²) < 4.78 is 49.3. The summed E-state index contributed by atoms with van der Waals surface area (Å²) in [5.74, 6) is -0.106. The Morgan fingerprint density at radius 2 is 1.90 bits per heavy atom. The second-order valence-electron chi connectivity index (χ2n) is 6.85. The molecule has 29 heavy (non-hydrogen) atoms. The predicted molar refractivity (Wildman–Crippen MR) is 106 cm³/mol. The molecule has 0 amide bonds. The van der Waals surface area contributed by atoms with Gasteiger partial charge in [0, 0.05) is 43.5 Å². The zero-order valence-corrected chi connectivity index (χ0v) is 17.5. The fourth-order valence-electron chi connectivity index (χ4n) is 3.00. The summed E-state index contributed by atoms with van der Waals surface area (Å²) in [6.07, 6.45) is -2.18. The van der Waals surface area contributed by atoms with Crippen molar-refractivity contribution in [3.63, 3.8) is 0 Å². The summed E-state index contributed by atoms with van der Waals surface area (Å²) >= 11 is 0. The number of ether oxygens (including phenoxy) is 1. The zero-order valence-electron chi connectivity index (χ0n) is 17.5.